The Kier molecular flexibility index (Phi) is 11.4. The monoisotopic (exact) mass is 490 g/mol. The molecule has 0 amide bonds. The molecular weight excluding hydrogens is 459 g/mol. The van der Waals surface area contributed by atoms with Crippen molar-refractivity contribution in [3.63, 3.8) is 0 Å². The highest BCUT2D eigenvalue weighted by Gasteiger charge is 2.12. The van der Waals surface area contributed by atoms with E-state index in [-0.39, 0.29) is 5.02 Å². The number of nitrogens with one attached hydrogen (secondary N) is 1. The van der Waals surface area contributed by atoms with Crippen LogP contribution in [0.1, 0.15) is 40.0 Å². The third-order valence-electron chi connectivity index (χ3n) is 4.87. The second-order valence-electron chi connectivity index (χ2n) is 6.97. The maximum atomic E-state index is 13.0. The fourth-order valence-corrected chi connectivity index (χ4v) is 3.40. The van der Waals surface area contributed by atoms with E-state index in [1.807, 2.05) is 37.8 Å². The number of anilines is 3. The average Bonchev–Trinajstić information content (AvgIpc) is 2.90. The number of hydrogen-bond acceptors (Lipinski definition) is 7. The molecule has 8 nitrogen and oxygen atoms in total. The predicted octanol–water partition coefficient (Wildman–Crippen LogP) is 5.23. The quantitative estimate of drug-likeness (QED) is 0.524. The molecule has 1 fully saturated rings. The Morgan fingerprint density at radius 1 is 1.09 bits per heavy atom. The lowest BCUT2D eigenvalue weighted by Crippen LogP contribution is -2.22. The summed E-state index contributed by atoms with van der Waals surface area (Å²) in [4.78, 5) is 21.9. The molecule has 0 unspecified atom stereocenters. The van der Waals surface area contributed by atoms with Gasteiger partial charge in [-0.3, -0.25) is 4.79 Å². The number of halogens is 2. The number of hydrogen-bond donors (Lipinski definition) is 1. The minimum Gasteiger partial charge on any atom is -0.385 e. The second-order valence-corrected chi connectivity index (χ2v) is 7.35. The molecule has 184 valence electrons. The molecule has 0 bridgehead atoms. The van der Waals surface area contributed by atoms with Gasteiger partial charge in [0.25, 0.3) is 5.56 Å². The van der Waals surface area contributed by atoms with Gasteiger partial charge in [0.15, 0.2) is 5.82 Å². The predicted molar refractivity (Wildman–Crippen MR) is 135 cm³/mol. The molecule has 1 aliphatic heterocycles. The molecule has 4 rings (SSSR count). The first-order valence-electron chi connectivity index (χ1n) is 11.4. The van der Waals surface area contributed by atoms with Gasteiger partial charge >= 0.3 is 0 Å². The van der Waals surface area contributed by atoms with Crippen molar-refractivity contribution >= 4 is 28.8 Å². The summed E-state index contributed by atoms with van der Waals surface area (Å²) < 4.78 is 19.3. The van der Waals surface area contributed by atoms with Crippen LogP contribution < -0.4 is 15.8 Å². The average molecular weight is 491 g/mol. The van der Waals surface area contributed by atoms with E-state index in [0.29, 0.717) is 23.7 Å². The number of nitrogens with zero attached hydrogens (tertiary/aromatic N) is 5. The standard InChI is InChI=1S/C17H16ClFN6O.C5H10O.C2H6/c1-3-24(15-10-21-14(19)9-22-15)11-4-6-12(7-5-11)25-17(26)16(18)13(20-2)8-23-25;1-2-4-6-5-3-1;1-2/h4-10,20H,3H2,1-2H3;1-5H2;1-2H3. The van der Waals surface area contributed by atoms with E-state index < -0.39 is 11.5 Å². The molecule has 0 saturated carbocycles. The normalized spacial score (nSPS) is 12.5. The summed E-state index contributed by atoms with van der Waals surface area (Å²) in [6.07, 6.45) is 7.86. The number of aromatic nitrogens is 4. The van der Waals surface area contributed by atoms with Crippen molar-refractivity contribution in [2.75, 3.05) is 37.0 Å². The van der Waals surface area contributed by atoms with Crippen molar-refractivity contribution in [3.05, 3.63) is 64.2 Å². The Morgan fingerprint density at radius 3 is 2.24 bits per heavy atom. The molecule has 3 heterocycles. The van der Waals surface area contributed by atoms with Gasteiger partial charge in [-0.05, 0) is 50.5 Å². The van der Waals surface area contributed by atoms with E-state index >= 15 is 0 Å². The van der Waals surface area contributed by atoms with Crippen LogP contribution >= 0.6 is 11.6 Å². The lowest BCUT2D eigenvalue weighted by Gasteiger charge is -2.21. The minimum atomic E-state index is -0.632. The smallest absolute Gasteiger partial charge is 0.292 e. The maximum Gasteiger partial charge on any atom is 0.292 e. The molecule has 0 aliphatic carbocycles. The minimum absolute atomic E-state index is 0.0725. The van der Waals surface area contributed by atoms with Gasteiger partial charge in [-0.15, -0.1) is 0 Å². The van der Waals surface area contributed by atoms with Crippen LogP contribution in [0.5, 0.6) is 0 Å². The molecule has 1 saturated heterocycles. The Balaban J connectivity index is 0.000000437. The third kappa shape index (κ3) is 7.23. The molecule has 0 spiro atoms. The van der Waals surface area contributed by atoms with Gasteiger partial charge in [0.05, 0.1) is 30.0 Å². The molecule has 2 aromatic heterocycles. The Hall–Kier alpha value is -3.04. The molecule has 1 aromatic carbocycles. The van der Waals surface area contributed by atoms with Crippen molar-refractivity contribution in [3.8, 4) is 5.69 Å². The van der Waals surface area contributed by atoms with Gasteiger partial charge in [-0.1, -0.05) is 25.4 Å². The fraction of sp³-hybridized carbons (Fsp3) is 0.417. The summed E-state index contributed by atoms with van der Waals surface area (Å²) in [5.74, 6) is -0.106. The first-order chi connectivity index (χ1) is 16.5. The summed E-state index contributed by atoms with van der Waals surface area (Å²) in [5, 5.41) is 7.01. The van der Waals surface area contributed by atoms with E-state index in [1.165, 1.54) is 36.3 Å². The zero-order valence-corrected chi connectivity index (χ0v) is 20.8. The van der Waals surface area contributed by atoms with Crippen LogP contribution in [0.25, 0.3) is 5.69 Å². The second kappa shape index (κ2) is 14.3. The van der Waals surface area contributed by atoms with Gasteiger partial charge in [0.2, 0.25) is 5.95 Å². The van der Waals surface area contributed by atoms with Crippen LogP contribution in [0.15, 0.2) is 47.7 Å². The first-order valence-corrected chi connectivity index (χ1v) is 11.8. The van der Waals surface area contributed by atoms with Crippen molar-refractivity contribution in [2.24, 2.45) is 0 Å². The summed E-state index contributed by atoms with van der Waals surface area (Å²) in [7, 11) is 1.67. The van der Waals surface area contributed by atoms with E-state index in [0.717, 1.165) is 25.1 Å². The van der Waals surface area contributed by atoms with Crippen molar-refractivity contribution in [2.45, 2.75) is 40.0 Å². The SMILES string of the molecule is C1CCOCC1.CC.CCN(c1ccc(-n2ncc(NC)c(Cl)c2=O)cc1)c1cnc(F)cn1. The fourth-order valence-electron chi connectivity index (χ4n) is 3.17. The number of rotatable bonds is 5. The molecule has 1 N–H and O–H groups in total. The van der Waals surface area contributed by atoms with Gasteiger partial charge in [-0.25, -0.2) is 9.97 Å². The molecule has 1 aliphatic rings. The zero-order valence-electron chi connectivity index (χ0n) is 20.1. The largest absolute Gasteiger partial charge is 0.385 e. The van der Waals surface area contributed by atoms with E-state index in [9.17, 15) is 9.18 Å². The van der Waals surface area contributed by atoms with Gasteiger partial charge in [-0.2, -0.15) is 14.2 Å². The van der Waals surface area contributed by atoms with Gasteiger partial charge in [0, 0.05) is 32.5 Å². The molecule has 10 heteroatoms. The maximum absolute atomic E-state index is 13.0. The van der Waals surface area contributed by atoms with Crippen LogP contribution in [0.2, 0.25) is 5.02 Å². The third-order valence-corrected chi connectivity index (χ3v) is 5.24. The molecule has 0 radical (unpaired) electrons. The summed E-state index contributed by atoms with van der Waals surface area (Å²) in [5.41, 5.74) is 1.45. The molecule has 34 heavy (non-hydrogen) atoms. The van der Waals surface area contributed by atoms with Crippen LogP contribution in [-0.4, -0.2) is 46.6 Å². The number of ether oxygens (including phenoxy) is 1. The topological polar surface area (TPSA) is 85.2 Å². The van der Waals surface area contributed by atoms with Gasteiger partial charge < -0.3 is 15.0 Å². The van der Waals surface area contributed by atoms with E-state index in [4.69, 9.17) is 16.3 Å². The Labute approximate surface area is 204 Å². The molecular formula is C24H32ClFN6O2. The molecule has 3 aromatic rings. The first kappa shape index (κ1) is 27.2. The summed E-state index contributed by atoms with van der Waals surface area (Å²) in [6, 6.07) is 7.13. The summed E-state index contributed by atoms with van der Waals surface area (Å²) >= 11 is 6.06. The Morgan fingerprint density at radius 2 is 1.76 bits per heavy atom. The summed E-state index contributed by atoms with van der Waals surface area (Å²) in [6.45, 7) is 8.56. The van der Waals surface area contributed by atoms with Crippen LogP contribution in [0.3, 0.4) is 0 Å². The van der Waals surface area contributed by atoms with Gasteiger partial charge in [0.1, 0.15) is 5.02 Å². The highest BCUT2D eigenvalue weighted by atomic mass is 35.5. The van der Waals surface area contributed by atoms with E-state index in [2.05, 4.69) is 20.4 Å². The van der Waals surface area contributed by atoms with Crippen molar-refractivity contribution in [1.82, 2.24) is 19.7 Å². The van der Waals surface area contributed by atoms with Crippen LogP contribution in [-0.2, 0) is 4.74 Å². The lowest BCUT2D eigenvalue weighted by molar-refractivity contribution is 0.0968. The lowest BCUT2D eigenvalue weighted by atomic mass is 10.2. The highest BCUT2D eigenvalue weighted by Crippen LogP contribution is 2.24. The zero-order chi connectivity index (χ0) is 24.9. The Bertz CT molecular complexity index is 1050. The van der Waals surface area contributed by atoms with Crippen LogP contribution in [0, 0.1) is 5.95 Å². The van der Waals surface area contributed by atoms with Crippen molar-refractivity contribution < 1.29 is 9.13 Å². The molecule has 0 atom stereocenters. The van der Waals surface area contributed by atoms with E-state index in [1.54, 1.807) is 19.2 Å². The number of benzene rings is 1. The van der Waals surface area contributed by atoms with Crippen molar-refractivity contribution in [1.29, 1.82) is 0 Å². The highest BCUT2D eigenvalue weighted by molar-refractivity contribution is 6.32. The van der Waals surface area contributed by atoms with Crippen LogP contribution in [0.4, 0.5) is 21.6 Å².